The van der Waals surface area contributed by atoms with Crippen molar-refractivity contribution in [2.24, 2.45) is 0 Å². The number of hydrogen-bond donors (Lipinski definition) is 5. The molecule has 0 radical (unpaired) electrons. The molecule has 1 aliphatic carbocycles. The molecular weight excluding hydrogens is 1360 g/mol. The molecule has 576 valence electrons. The van der Waals surface area contributed by atoms with Gasteiger partial charge in [0.15, 0.2) is 12.2 Å². The van der Waals surface area contributed by atoms with Crippen LogP contribution < -0.4 is 26.0 Å². The molecule has 0 bridgehead atoms. The maximum absolute atomic E-state index is 13.9. The van der Waals surface area contributed by atoms with Crippen LogP contribution in [0, 0.1) is 0 Å². The summed E-state index contributed by atoms with van der Waals surface area (Å²) in [5.74, 6) is -5.15. The number of benzene rings is 3. The Hall–Kier alpha value is -7.54. The summed E-state index contributed by atoms with van der Waals surface area (Å²) < 4.78 is 105. The van der Waals surface area contributed by atoms with E-state index in [1.165, 1.54) is 18.2 Å². The van der Waals surface area contributed by atoms with Crippen molar-refractivity contribution >= 4 is 53.4 Å². The van der Waals surface area contributed by atoms with E-state index in [9.17, 15) is 43.5 Å². The highest BCUT2D eigenvalue weighted by molar-refractivity contribution is 5.93. The van der Waals surface area contributed by atoms with Gasteiger partial charge in [0.25, 0.3) is 0 Å². The highest BCUT2D eigenvalue weighted by atomic mass is 16.7. The second-order valence-electron chi connectivity index (χ2n) is 23.1. The van der Waals surface area contributed by atoms with Gasteiger partial charge >= 0.3 is 30.0 Å². The number of aliphatic hydroxyl groups excluding tert-OH is 1. The minimum absolute atomic E-state index is 0.0145. The second kappa shape index (κ2) is 52.4. The highest BCUT2D eigenvalue weighted by Crippen LogP contribution is 2.44. The Labute approximate surface area is 600 Å². The van der Waals surface area contributed by atoms with Gasteiger partial charge in [-0.05, 0) is 59.2 Å². The number of anilines is 1. The number of alkyl carbamates (subject to hydrolysis) is 1. The number of methoxy groups -OCH3 is 1. The molecule has 32 nitrogen and oxygen atoms in total. The summed E-state index contributed by atoms with van der Waals surface area (Å²) >= 11 is 0. The Balaban J connectivity index is 0.959. The molecule has 0 saturated carbocycles. The number of carbonyl (C=O) groups excluding carboxylic acids is 8. The second-order valence-corrected chi connectivity index (χ2v) is 23.1. The molecule has 4 amide bonds. The van der Waals surface area contributed by atoms with Crippen LogP contribution in [0.15, 0.2) is 66.7 Å². The molecule has 5 rings (SSSR count). The third-order valence-corrected chi connectivity index (χ3v) is 15.2. The van der Waals surface area contributed by atoms with Crippen molar-refractivity contribution in [3.8, 4) is 16.9 Å². The molecule has 2 aliphatic rings. The highest BCUT2D eigenvalue weighted by Gasteiger charge is 2.53. The van der Waals surface area contributed by atoms with E-state index < -0.39 is 91.7 Å². The maximum atomic E-state index is 13.9. The van der Waals surface area contributed by atoms with Crippen LogP contribution in [0.1, 0.15) is 82.4 Å². The van der Waals surface area contributed by atoms with Crippen LogP contribution in [0.4, 0.5) is 10.5 Å². The predicted molar refractivity (Wildman–Crippen MR) is 366 cm³/mol. The maximum Gasteiger partial charge on any atom is 0.407 e. The summed E-state index contributed by atoms with van der Waals surface area (Å²) in [5.41, 5.74) is 4.37. The van der Waals surface area contributed by atoms with Gasteiger partial charge < -0.3 is 116 Å². The molecule has 1 heterocycles. The zero-order valence-electron chi connectivity index (χ0n) is 59.7. The van der Waals surface area contributed by atoms with Gasteiger partial charge in [-0.2, -0.15) is 0 Å². The van der Waals surface area contributed by atoms with Gasteiger partial charge in [-0.25, -0.2) is 4.79 Å². The first kappa shape index (κ1) is 86.1. The Kier molecular flexibility index (Phi) is 43.8. The lowest BCUT2D eigenvalue weighted by molar-refractivity contribution is -0.288. The topological polar surface area (TPSA) is 380 Å². The lowest BCUT2D eigenvalue weighted by atomic mass is 9.98. The monoisotopic (exact) mass is 1460 g/mol. The summed E-state index contributed by atoms with van der Waals surface area (Å²) in [6.07, 6.45) is -7.72. The number of rotatable bonds is 57. The first-order chi connectivity index (χ1) is 50.1. The predicted octanol–water partition coefficient (Wildman–Crippen LogP) is 3.50. The molecule has 103 heavy (non-hydrogen) atoms. The van der Waals surface area contributed by atoms with Gasteiger partial charge in [0.05, 0.1) is 164 Å². The minimum Gasteiger partial charge on any atom is -0.463 e. The van der Waals surface area contributed by atoms with E-state index in [1.54, 1.807) is 7.11 Å². The Morgan fingerprint density at radius 3 is 1.42 bits per heavy atom. The van der Waals surface area contributed by atoms with Crippen molar-refractivity contribution < 1.29 is 133 Å². The summed E-state index contributed by atoms with van der Waals surface area (Å²) in [5, 5.41) is 21.0. The van der Waals surface area contributed by atoms with E-state index >= 15 is 0 Å². The Morgan fingerprint density at radius 2 is 0.942 bits per heavy atom. The largest absolute Gasteiger partial charge is 0.463 e. The lowest BCUT2D eigenvalue weighted by Gasteiger charge is -2.44. The number of ether oxygens (including phenoxy) is 19. The van der Waals surface area contributed by atoms with Crippen LogP contribution in [0.25, 0.3) is 11.1 Å². The number of hydrogen-bond acceptors (Lipinski definition) is 28. The average molecular weight is 1460 g/mol. The fraction of sp³-hybridized carbons (Fsp3) is 0.634. The van der Waals surface area contributed by atoms with Crippen molar-refractivity contribution in [1.82, 2.24) is 16.0 Å². The summed E-state index contributed by atoms with van der Waals surface area (Å²) in [7, 11) is 1.63. The van der Waals surface area contributed by atoms with E-state index in [4.69, 9.17) is 90.0 Å². The van der Waals surface area contributed by atoms with Crippen LogP contribution in [-0.2, 0) is 125 Å². The molecule has 0 unspecified atom stereocenters. The first-order valence-electron chi connectivity index (χ1n) is 34.6. The fourth-order valence-electron chi connectivity index (χ4n) is 10.4. The molecule has 0 spiro atoms. The van der Waals surface area contributed by atoms with Gasteiger partial charge in [-0.3, -0.25) is 33.6 Å². The fourth-order valence-corrected chi connectivity index (χ4v) is 10.4. The Bertz CT molecular complexity index is 2920. The summed E-state index contributed by atoms with van der Waals surface area (Å²) in [4.78, 5) is 103. The van der Waals surface area contributed by atoms with E-state index in [0.29, 0.717) is 157 Å². The number of fused-ring (bicyclic) bond motifs is 3. The standard InChI is InChI=1S/C71H104N4O28/c1-50(77)97-49-63-66(99-51(2)78)67(100-52(3)79)68(101-53(4)80)70(103-63)102-62-18-17-54(47-76)46-61(62)74-65(82)19-22-73-69(83)60(75-71(84)98-48-59-57-14-8-6-12-55(57)56-13-7-9-15-58(56)59)16-10-11-21-72-64(81)20-23-86-26-27-88-30-31-90-34-35-92-38-39-94-42-43-96-45-44-95-41-40-93-37-36-91-33-32-89-29-28-87-25-24-85-5/h6-9,12-15,17-18,46,59-60,63,66-68,70,76H,10-11,16,19-45,47-49H2,1-5H3,(H,72,81)(H,73,83)(H,74,82)(H,75,84)/t60-,63+,66+,67-,68-,70-/m0/s1. The van der Waals surface area contributed by atoms with Gasteiger partial charge in [0.1, 0.15) is 31.1 Å². The summed E-state index contributed by atoms with van der Waals surface area (Å²) in [6.45, 7) is 13.3. The quantitative estimate of drug-likeness (QED) is 0.0307. The molecule has 1 aliphatic heterocycles. The molecule has 5 N–H and O–H groups in total. The van der Waals surface area contributed by atoms with Crippen LogP contribution in [0.5, 0.6) is 5.75 Å². The average Bonchev–Trinajstić information content (AvgIpc) is 1.72. The molecule has 3 aromatic carbocycles. The molecule has 6 atom stereocenters. The zero-order valence-corrected chi connectivity index (χ0v) is 59.7. The third-order valence-electron chi connectivity index (χ3n) is 15.2. The number of carbonyl (C=O) groups is 8. The van der Waals surface area contributed by atoms with E-state index in [-0.39, 0.29) is 75.4 Å². The van der Waals surface area contributed by atoms with Crippen LogP contribution >= 0.6 is 0 Å². The van der Waals surface area contributed by atoms with Crippen molar-refractivity contribution in [1.29, 1.82) is 0 Å². The van der Waals surface area contributed by atoms with E-state index in [0.717, 1.165) is 49.9 Å². The van der Waals surface area contributed by atoms with Crippen LogP contribution in [-0.4, -0.2) is 275 Å². The molecule has 32 heteroatoms. The zero-order chi connectivity index (χ0) is 74.1. The van der Waals surface area contributed by atoms with Crippen molar-refractivity contribution in [2.75, 3.05) is 191 Å². The SMILES string of the molecule is COCCOCCOCCOCCOCCOCCOCCOCCOCCOCCOCCOCCC(=O)NCCCC[C@H](NC(=O)OCC1c2ccccc2-c2ccccc21)C(=O)NCCC(=O)Nc1cc(CO)ccc1O[C@H]1O[C@H](COC(C)=O)[C@@H](OC(C)=O)[C@H](OC(C)=O)[C@@H]1OC(C)=O. The summed E-state index contributed by atoms with van der Waals surface area (Å²) in [6, 6.07) is 18.8. The molecule has 3 aromatic rings. The Morgan fingerprint density at radius 1 is 0.476 bits per heavy atom. The molecular formula is C71H104N4O28. The smallest absolute Gasteiger partial charge is 0.407 e. The third kappa shape index (κ3) is 35.7. The number of esters is 4. The van der Waals surface area contributed by atoms with Crippen molar-refractivity contribution in [3.63, 3.8) is 0 Å². The van der Waals surface area contributed by atoms with Crippen molar-refractivity contribution in [3.05, 3.63) is 83.4 Å². The van der Waals surface area contributed by atoms with Crippen LogP contribution in [0.2, 0.25) is 0 Å². The minimum atomic E-state index is -1.66. The number of unbranched alkanes of at least 4 members (excludes halogenated alkanes) is 1. The molecule has 1 saturated heterocycles. The molecule has 1 fully saturated rings. The number of amides is 4. The van der Waals surface area contributed by atoms with Gasteiger partial charge in [-0.1, -0.05) is 54.6 Å². The number of aliphatic hydroxyl groups is 1. The van der Waals surface area contributed by atoms with Gasteiger partial charge in [0, 0.05) is 66.7 Å². The normalized spacial score (nSPS) is 16.3. The van der Waals surface area contributed by atoms with Gasteiger partial charge in [0.2, 0.25) is 30.1 Å². The van der Waals surface area contributed by atoms with Gasteiger partial charge in [-0.15, -0.1) is 0 Å². The van der Waals surface area contributed by atoms with E-state index in [1.807, 2.05) is 48.5 Å². The first-order valence-corrected chi connectivity index (χ1v) is 34.6. The number of nitrogens with one attached hydrogen (secondary N) is 4. The molecule has 0 aromatic heterocycles. The van der Waals surface area contributed by atoms with Crippen molar-refractivity contribution in [2.45, 2.75) is 109 Å². The van der Waals surface area contributed by atoms with Crippen LogP contribution in [0.3, 0.4) is 0 Å². The van der Waals surface area contributed by atoms with E-state index in [2.05, 4.69) is 21.3 Å². The lowest BCUT2D eigenvalue weighted by Crippen LogP contribution is -2.63.